The third-order valence-corrected chi connectivity index (χ3v) is 2.78. The van der Waals surface area contributed by atoms with Gasteiger partial charge in [0.15, 0.2) is 0 Å². The smallest absolute Gasteiger partial charge is 0.423 e. The monoisotopic (exact) mass is 258 g/mol. The molecule has 0 saturated heterocycles. The minimum atomic E-state index is -1.56. The highest BCUT2D eigenvalue weighted by Crippen LogP contribution is 2.17. The summed E-state index contributed by atoms with van der Waals surface area (Å²) in [5.41, 5.74) is 1.86. The summed E-state index contributed by atoms with van der Waals surface area (Å²) in [5, 5.41) is 30.7. The molecule has 2 aromatic rings. The summed E-state index contributed by atoms with van der Waals surface area (Å²) in [7, 11) is -1.56. The summed E-state index contributed by atoms with van der Waals surface area (Å²) < 4.78 is 0. The highest BCUT2D eigenvalue weighted by Gasteiger charge is 2.14. The Morgan fingerprint density at radius 2 is 1.89 bits per heavy atom. The predicted octanol–water partition coefficient (Wildman–Crippen LogP) is -0.0931. The van der Waals surface area contributed by atoms with E-state index < -0.39 is 7.12 Å². The fourth-order valence-electron chi connectivity index (χ4n) is 1.80. The van der Waals surface area contributed by atoms with E-state index in [0.717, 1.165) is 5.56 Å². The highest BCUT2D eigenvalue weighted by atomic mass is 16.4. The van der Waals surface area contributed by atoms with Crippen molar-refractivity contribution in [2.45, 2.75) is 6.04 Å². The van der Waals surface area contributed by atoms with Gasteiger partial charge in [0, 0.05) is 17.9 Å². The van der Waals surface area contributed by atoms with E-state index in [9.17, 15) is 5.11 Å². The Balaban J connectivity index is 2.17. The number of aliphatic hydroxyl groups is 1. The van der Waals surface area contributed by atoms with Crippen molar-refractivity contribution in [2.75, 3.05) is 11.9 Å². The standard InChI is InChI=1S/C13H15BN2O3/c17-9-13(10-4-2-1-3-5-10)16-12-6-11(14(18)19)7-15-8-12/h1-8,13,16-19H,9H2. The Morgan fingerprint density at radius 1 is 1.16 bits per heavy atom. The Bertz CT molecular complexity index is 522. The molecule has 1 heterocycles. The Hall–Kier alpha value is -1.89. The molecule has 0 aliphatic carbocycles. The third kappa shape index (κ3) is 3.54. The first kappa shape index (κ1) is 13.5. The van der Waals surface area contributed by atoms with Crippen LogP contribution < -0.4 is 10.8 Å². The second-order valence-corrected chi connectivity index (χ2v) is 4.17. The molecule has 4 N–H and O–H groups in total. The van der Waals surface area contributed by atoms with Crippen LogP contribution in [0.15, 0.2) is 48.8 Å². The van der Waals surface area contributed by atoms with Gasteiger partial charge in [-0.1, -0.05) is 30.3 Å². The summed E-state index contributed by atoms with van der Waals surface area (Å²) in [4.78, 5) is 3.92. The van der Waals surface area contributed by atoms with Crippen molar-refractivity contribution in [1.29, 1.82) is 0 Å². The van der Waals surface area contributed by atoms with Gasteiger partial charge in [-0.25, -0.2) is 0 Å². The summed E-state index contributed by atoms with van der Waals surface area (Å²) in [5.74, 6) is 0. The van der Waals surface area contributed by atoms with Crippen molar-refractivity contribution in [3.8, 4) is 0 Å². The van der Waals surface area contributed by atoms with Gasteiger partial charge in [0.05, 0.1) is 18.3 Å². The molecule has 0 aliphatic heterocycles. The molecule has 1 aromatic carbocycles. The minimum absolute atomic E-state index is 0.0735. The number of pyridine rings is 1. The van der Waals surface area contributed by atoms with Crippen molar-refractivity contribution < 1.29 is 15.2 Å². The molecule has 19 heavy (non-hydrogen) atoms. The number of anilines is 1. The van der Waals surface area contributed by atoms with Crippen molar-refractivity contribution in [1.82, 2.24) is 4.98 Å². The molecule has 0 spiro atoms. The van der Waals surface area contributed by atoms with Crippen LogP contribution in [-0.4, -0.2) is 33.9 Å². The van der Waals surface area contributed by atoms with Crippen LogP contribution in [0.1, 0.15) is 11.6 Å². The number of rotatable bonds is 5. The van der Waals surface area contributed by atoms with Crippen LogP contribution in [0.3, 0.4) is 0 Å². The number of hydrogen-bond acceptors (Lipinski definition) is 5. The quantitative estimate of drug-likeness (QED) is 0.563. The molecule has 0 amide bonds. The lowest BCUT2D eigenvalue weighted by molar-refractivity contribution is 0.276. The fourth-order valence-corrected chi connectivity index (χ4v) is 1.80. The van der Waals surface area contributed by atoms with Gasteiger partial charge >= 0.3 is 7.12 Å². The van der Waals surface area contributed by atoms with Gasteiger partial charge in [0.25, 0.3) is 0 Å². The van der Waals surface area contributed by atoms with Crippen LogP contribution in [0.2, 0.25) is 0 Å². The highest BCUT2D eigenvalue weighted by molar-refractivity contribution is 6.58. The largest absolute Gasteiger partial charge is 0.490 e. The Morgan fingerprint density at radius 3 is 2.53 bits per heavy atom. The molecule has 1 aromatic heterocycles. The molecule has 0 aliphatic rings. The first-order valence-corrected chi connectivity index (χ1v) is 5.94. The maximum Gasteiger partial charge on any atom is 0.490 e. The number of hydrogen-bond donors (Lipinski definition) is 4. The average Bonchev–Trinajstić information content (AvgIpc) is 2.46. The van der Waals surface area contributed by atoms with Crippen molar-refractivity contribution >= 4 is 18.3 Å². The van der Waals surface area contributed by atoms with Crippen molar-refractivity contribution in [3.63, 3.8) is 0 Å². The average molecular weight is 258 g/mol. The lowest BCUT2D eigenvalue weighted by Gasteiger charge is -2.18. The SMILES string of the molecule is OCC(Nc1cncc(B(O)O)c1)c1ccccc1. The summed E-state index contributed by atoms with van der Waals surface area (Å²) in [6, 6.07) is 10.8. The van der Waals surface area contributed by atoms with Gasteiger partial charge in [-0.3, -0.25) is 4.98 Å². The van der Waals surface area contributed by atoms with Crippen LogP contribution in [0.5, 0.6) is 0 Å². The van der Waals surface area contributed by atoms with Crippen molar-refractivity contribution in [2.24, 2.45) is 0 Å². The van der Waals surface area contributed by atoms with Crippen LogP contribution in [0.25, 0.3) is 0 Å². The topological polar surface area (TPSA) is 85.6 Å². The van der Waals surface area contributed by atoms with E-state index in [1.165, 1.54) is 6.20 Å². The molecule has 1 unspecified atom stereocenters. The zero-order chi connectivity index (χ0) is 13.7. The van der Waals surface area contributed by atoms with E-state index >= 15 is 0 Å². The number of nitrogens with one attached hydrogen (secondary N) is 1. The molecule has 0 fully saturated rings. The number of aromatic nitrogens is 1. The molecular weight excluding hydrogens is 243 g/mol. The van der Waals surface area contributed by atoms with E-state index in [1.54, 1.807) is 12.3 Å². The zero-order valence-electron chi connectivity index (χ0n) is 10.3. The summed E-state index contributed by atoms with van der Waals surface area (Å²) >= 11 is 0. The maximum atomic E-state index is 9.44. The molecule has 6 heteroatoms. The van der Waals surface area contributed by atoms with Crippen LogP contribution in [0, 0.1) is 0 Å². The van der Waals surface area contributed by atoms with E-state index in [1.807, 2.05) is 30.3 Å². The number of aliphatic hydroxyl groups excluding tert-OH is 1. The van der Waals surface area contributed by atoms with Crippen molar-refractivity contribution in [3.05, 3.63) is 54.4 Å². The van der Waals surface area contributed by atoms with Gasteiger partial charge < -0.3 is 20.5 Å². The van der Waals surface area contributed by atoms with Gasteiger partial charge in [-0.2, -0.15) is 0 Å². The van der Waals surface area contributed by atoms with E-state index in [0.29, 0.717) is 11.2 Å². The van der Waals surface area contributed by atoms with Gasteiger partial charge in [0.2, 0.25) is 0 Å². The Kier molecular flexibility index (Phi) is 4.51. The first-order chi connectivity index (χ1) is 9.20. The minimum Gasteiger partial charge on any atom is -0.423 e. The first-order valence-electron chi connectivity index (χ1n) is 5.94. The maximum absolute atomic E-state index is 9.44. The van der Waals surface area contributed by atoms with Crippen LogP contribution in [0.4, 0.5) is 5.69 Å². The van der Waals surface area contributed by atoms with Crippen LogP contribution >= 0.6 is 0 Å². The molecule has 98 valence electrons. The van der Waals surface area contributed by atoms with Gasteiger partial charge in [-0.15, -0.1) is 0 Å². The third-order valence-electron chi connectivity index (χ3n) is 2.78. The number of nitrogens with zero attached hydrogens (tertiary/aromatic N) is 1. The number of benzene rings is 1. The molecule has 0 saturated carbocycles. The lowest BCUT2D eigenvalue weighted by atomic mass is 9.81. The lowest BCUT2D eigenvalue weighted by Crippen LogP contribution is -2.30. The molecule has 0 bridgehead atoms. The molecule has 2 rings (SSSR count). The molecular formula is C13H15BN2O3. The second kappa shape index (κ2) is 6.33. The van der Waals surface area contributed by atoms with Crippen LogP contribution in [-0.2, 0) is 0 Å². The summed E-state index contributed by atoms with van der Waals surface area (Å²) in [6.07, 6.45) is 2.95. The Labute approximate surface area is 111 Å². The van der Waals surface area contributed by atoms with E-state index in [4.69, 9.17) is 10.0 Å². The zero-order valence-corrected chi connectivity index (χ0v) is 10.3. The predicted molar refractivity (Wildman–Crippen MR) is 74.0 cm³/mol. The molecule has 1 atom stereocenters. The fraction of sp³-hybridized carbons (Fsp3) is 0.154. The van der Waals surface area contributed by atoms with E-state index in [2.05, 4.69) is 10.3 Å². The summed E-state index contributed by atoms with van der Waals surface area (Å²) in [6.45, 7) is -0.0735. The second-order valence-electron chi connectivity index (χ2n) is 4.17. The molecule has 0 radical (unpaired) electrons. The normalized spacial score (nSPS) is 11.9. The van der Waals surface area contributed by atoms with E-state index in [-0.39, 0.29) is 12.6 Å². The van der Waals surface area contributed by atoms with Gasteiger partial charge in [0.1, 0.15) is 0 Å². The van der Waals surface area contributed by atoms with Gasteiger partial charge in [-0.05, 0) is 11.6 Å². The molecule has 5 nitrogen and oxygen atoms in total.